The number of benzene rings is 2. The molecule has 26 heavy (non-hydrogen) atoms. The number of aromatic nitrogens is 3. The highest BCUT2D eigenvalue weighted by Gasteiger charge is 2.10. The van der Waals surface area contributed by atoms with Crippen molar-refractivity contribution < 1.29 is 4.79 Å². The molecule has 4 aromatic rings. The van der Waals surface area contributed by atoms with E-state index in [-0.39, 0.29) is 11.6 Å². The van der Waals surface area contributed by atoms with E-state index >= 15 is 0 Å². The van der Waals surface area contributed by atoms with E-state index in [9.17, 15) is 4.79 Å². The summed E-state index contributed by atoms with van der Waals surface area (Å²) in [6.07, 6.45) is 3.28. The summed E-state index contributed by atoms with van der Waals surface area (Å²) in [4.78, 5) is 25.3. The third-order valence-electron chi connectivity index (χ3n) is 3.80. The molecule has 0 fully saturated rings. The van der Waals surface area contributed by atoms with Gasteiger partial charge in [-0.15, -0.1) is 0 Å². The number of amides is 1. The van der Waals surface area contributed by atoms with E-state index in [4.69, 9.17) is 0 Å². The number of anilines is 3. The largest absolute Gasteiger partial charge is 0.322 e. The molecule has 6 nitrogen and oxygen atoms in total. The Morgan fingerprint density at radius 3 is 2.54 bits per heavy atom. The number of para-hydroxylation sites is 2. The Labute approximate surface area is 150 Å². The predicted octanol–water partition coefficient (Wildman–Crippen LogP) is 4.02. The Bertz CT molecular complexity index is 1060. The van der Waals surface area contributed by atoms with Gasteiger partial charge in [-0.3, -0.25) is 9.78 Å². The van der Waals surface area contributed by atoms with Gasteiger partial charge in [0.25, 0.3) is 5.91 Å². The summed E-state index contributed by atoms with van der Waals surface area (Å²) in [5.41, 5.74) is 2.59. The van der Waals surface area contributed by atoms with Gasteiger partial charge >= 0.3 is 0 Å². The van der Waals surface area contributed by atoms with Crippen LogP contribution in [0.1, 0.15) is 10.5 Å². The Kier molecular flexibility index (Phi) is 4.22. The third-order valence-corrected chi connectivity index (χ3v) is 3.80. The minimum atomic E-state index is -0.294. The number of carbonyl (C=O) groups excluding carboxylic acids is 1. The van der Waals surface area contributed by atoms with E-state index in [0.717, 1.165) is 16.6 Å². The normalized spacial score (nSPS) is 10.5. The molecule has 0 aliphatic heterocycles. The molecule has 2 N–H and O–H groups in total. The van der Waals surface area contributed by atoms with Crippen LogP contribution in [0.15, 0.2) is 79.1 Å². The first-order chi connectivity index (χ1) is 12.8. The van der Waals surface area contributed by atoms with Crippen LogP contribution in [0.25, 0.3) is 10.9 Å². The molecule has 6 heteroatoms. The van der Waals surface area contributed by atoms with Crippen molar-refractivity contribution in [1.29, 1.82) is 0 Å². The first-order valence-electron chi connectivity index (χ1n) is 8.10. The lowest BCUT2D eigenvalue weighted by atomic mass is 10.2. The lowest BCUT2D eigenvalue weighted by molar-refractivity contribution is 0.102. The predicted molar refractivity (Wildman–Crippen MR) is 101 cm³/mol. The van der Waals surface area contributed by atoms with Crippen molar-refractivity contribution >= 4 is 34.1 Å². The molecule has 0 aliphatic carbocycles. The molecule has 4 rings (SSSR count). The van der Waals surface area contributed by atoms with Crippen LogP contribution in [0, 0.1) is 0 Å². The second-order valence-electron chi connectivity index (χ2n) is 5.59. The SMILES string of the molecule is O=C(Nc1ccccc1)c1ccnc(Nc2cccc3cccnc23)n1. The zero-order valence-electron chi connectivity index (χ0n) is 13.8. The maximum atomic E-state index is 12.4. The lowest BCUT2D eigenvalue weighted by Crippen LogP contribution is -2.14. The Hall–Kier alpha value is -3.80. The minimum Gasteiger partial charge on any atom is -0.322 e. The number of hydrogen-bond acceptors (Lipinski definition) is 5. The second kappa shape index (κ2) is 6.98. The molecule has 0 aliphatic rings. The minimum absolute atomic E-state index is 0.277. The molecule has 1 amide bonds. The number of pyridine rings is 1. The number of carbonyl (C=O) groups is 1. The Balaban J connectivity index is 1.58. The van der Waals surface area contributed by atoms with Gasteiger partial charge in [0.05, 0.1) is 11.2 Å². The van der Waals surface area contributed by atoms with Crippen molar-refractivity contribution in [1.82, 2.24) is 15.0 Å². The first-order valence-corrected chi connectivity index (χ1v) is 8.10. The average Bonchev–Trinajstić information content (AvgIpc) is 2.69. The summed E-state index contributed by atoms with van der Waals surface area (Å²) < 4.78 is 0. The van der Waals surface area contributed by atoms with Gasteiger partial charge < -0.3 is 10.6 Å². The van der Waals surface area contributed by atoms with E-state index in [2.05, 4.69) is 25.6 Å². The summed E-state index contributed by atoms with van der Waals surface area (Å²) in [6.45, 7) is 0. The number of rotatable bonds is 4. The van der Waals surface area contributed by atoms with Gasteiger partial charge in [-0.25, -0.2) is 9.97 Å². The molecule has 0 unspecified atom stereocenters. The summed E-state index contributed by atoms with van der Waals surface area (Å²) >= 11 is 0. The second-order valence-corrected chi connectivity index (χ2v) is 5.59. The van der Waals surface area contributed by atoms with Gasteiger partial charge in [0.1, 0.15) is 5.69 Å². The van der Waals surface area contributed by atoms with Gasteiger partial charge in [0, 0.05) is 23.5 Å². The fourth-order valence-corrected chi connectivity index (χ4v) is 2.59. The summed E-state index contributed by atoms with van der Waals surface area (Å²) in [5.74, 6) is 0.0431. The van der Waals surface area contributed by atoms with Crippen LogP contribution in [0.5, 0.6) is 0 Å². The van der Waals surface area contributed by atoms with Crippen molar-refractivity contribution in [2.24, 2.45) is 0 Å². The van der Waals surface area contributed by atoms with Gasteiger partial charge in [-0.05, 0) is 30.3 Å². The molecular formula is C20H15N5O. The lowest BCUT2D eigenvalue weighted by Gasteiger charge is -2.09. The highest BCUT2D eigenvalue weighted by Crippen LogP contribution is 2.23. The Morgan fingerprint density at radius 1 is 0.808 bits per heavy atom. The average molecular weight is 341 g/mol. The monoisotopic (exact) mass is 341 g/mol. The fraction of sp³-hybridized carbons (Fsp3) is 0. The van der Waals surface area contributed by atoms with Crippen LogP contribution >= 0.6 is 0 Å². The van der Waals surface area contributed by atoms with Crippen LogP contribution in [-0.2, 0) is 0 Å². The molecule has 0 radical (unpaired) electrons. The topological polar surface area (TPSA) is 79.8 Å². The number of nitrogens with one attached hydrogen (secondary N) is 2. The number of fused-ring (bicyclic) bond motifs is 1. The molecule has 0 spiro atoms. The molecule has 2 aromatic heterocycles. The van der Waals surface area contributed by atoms with Gasteiger partial charge in [-0.1, -0.05) is 36.4 Å². The van der Waals surface area contributed by atoms with E-state index < -0.39 is 0 Å². The highest BCUT2D eigenvalue weighted by atomic mass is 16.1. The number of nitrogens with zero attached hydrogens (tertiary/aromatic N) is 3. The maximum absolute atomic E-state index is 12.4. The third kappa shape index (κ3) is 3.34. The standard InChI is InChI=1S/C20H15N5O/c26-19(23-15-8-2-1-3-9-15)17-11-13-22-20(25-17)24-16-10-4-6-14-7-5-12-21-18(14)16/h1-13H,(H,23,26)(H,22,24,25). The van der Waals surface area contributed by atoms with E-state index in [1.165, 1.54) is 0 Å². The molecule has 0 atom stereocenters. The number of hydrogen-bond donors (Lipinski definition) is 2. The van der Waals surface area contributed by atoms with Crippen LogP contribution in [0.2, 0.25) is 0 Å². The van der Waals surface area contributed by atoms with Crippen LogP contribution in [0.4, 0.5) is 17.3 Å². The van der Waals surface area contributed by atoms with E-state index in [1.807, 2.05) is 60.7 Å². The molecule has 0 saturated heterocycles. The molecule has 0 saturated carbocycles. The van der Waals surface area contributed by atoms with Crippen LogP contribution in [0.3, 0.4) is 0 Å². The maximum Gasteiger partial charge on any atom is 0.274 e. The first kappa shape index (κ1) is 15.7. The molecule has 2 heterocycles. The van der Waals surface area contributed by atoms with Crippen molar-refractivity contribution in [3.8, 4) is 0 Å². The zero-order chi connectivity index (χ0) is 17.8. The smallest absolute Gasteiger partial charge is 0.274 e. The van der Waals surface area contributed by atoms with Crippen LogP contribution < -0.4 is 10.6 Å². The van der Waals surface area contributed by atoms with Crippen molar-refractivity contribution in [2.75, 3.05) is 10.6 Å². The van der Waals surface area contributed by atoms with Gasteiger partial charge in [-0.2, -0.15) is 0 Å². The van der Waals surface area contributed by atoms with E-state index in [1.54, 1.807) is 18.5 Å². The zero-order valence-corrected chi connectivity index (χ0v) is 13.8. The molecule has 2 aromatic carbocycles. The van der Waals surface area contributed by atoms with Gasteiger partial charge in [0.2, 0.25) is 5.95 Å². The summed E-state index contributed by atoms with van der Waals surface area (Å²) in [7, 11) is 0. The van der Waals surface area contributed by atoms with Gasteiger partial charge in [0.15, 0.2) is 0 Å². The van der Waals surface area contributed by atoms with Crippen molar-refractivity contribution in [3.63, 3.8) is 0 Å². The van der Waals surface area contributed by atoms with Crippen molar-refractivity contribution in [3.05, 3.63) is 84.8 Å². The fourth-order valence-electron chi connectivity index (χ4n) is 2.59. The molecule has 0 bridgehead atoms. The van der Waals surface area contributed by atoms with Crippen LogP contribution in [-0.4, -0.2) is 20.9 Å². The molecular weight excluding hydrogens is 326 g/mol. The summed E-state index contributed by atoms with van der Waals surface area (Å²) in [5, 5.41) is 6.96. The summed E-state index contributed by atoms with van der Waals surface area (Å²) in [6, 6.07) is 20.5. The quantitative estimate of drug-likeness (QED) is 0.586. The Morgan fingerprint density at radius 2 is 1.65 bits per heavy atom. The highest BCUT2D eigenvalue weighted by molar-refractivity contribution is 6.03. The van der Waals surface area contributed by atoms with Crippen molar-refractivity contribution in [2.45, 2.75) is 0 Å². The van der Waals surface area contributed by atoms with E-state index in [0.29, 0.717) is 11.6 Å². The molecule has 126 valence electrons.